The molecule has 4 heteroatoms. The van der Waals surface area contributed by atoms with Crippen LogP contribution in [0.5, 0.6) is 0 Å². The van der Waals surface area contributed by atoms with E-state index in [1.54, 1.807) is 0 Å². The van der Waals surface area contributed by atoms with E-state index in [1.165, 1.54) is 7.11 Å². The second kappa shape index (κ2) is 6.21. The molecule has 1 rings (SSSR count). The smallest absolute Gasteiger partial charge is 0.309 e. The summed E-state index contributed by atoms with van der Waals surface area (Å²) in [7, 11) is 1.43. The molecule has 0 amide bonds. The van der Waals surface area contributed by atoms with E-state index in [0.717, 1.165) is 25.9 Å². The van der Waals surface area contributed by atoms with Crippen molar-refractivity contribution in [1.29, 1.82) is 0 Å². The minimum absolute atomic E-state index is 0.0873. The van der Waals surface area contributed by atoms with E-state index < -0.39 is 0 Å². The highest BCUT2D eigenvalue weighted by Gasteiger charge is 2.29. The number of rotatable bonds is 4. The van der Waals surface area contributed by atoms with Crippen LogP contribution in [0.25, 0.3) is 0 Å². The normalized spacial score (nSPS) is 22.8. The number of piperidine rings is 1. The summed E-state index contributed by atoms with van der Waals surface area (Å²) in [6.45, 7) is 6.20. The molecule has 4 nitrogen and oxygen atoms in total. The molecule has 1 aliphatic rings. The number of ether oxygens (including phenoxy) is 1. The number of hydrogen-bond acceptors (Lipinski definition) is 4. The Bertz CT molecular complexity index is 224. The fourth-order valence-electron chi connectivity index (χ4n) is 2.24. The molecule has 0 saturated carbocycles. The maximum Gasteiger partial charge on any atom is 0.309 e. The van der Waals surface area contributed by atoms with Crippen molar-refractivity contribution in [1.82, 2.24) is 4.90 Å². The van der Waals surface area contributed by atoms with Crippen LogP contribution in [0.4, 0.5) is 0 Å². The lowest BCUT2D eigenvalue weighted by Gasteiger charge is -2.37. The largest absolute Gasteiger partial charge is 0.469 e. The third kappa shape index (κ3) is 3.19. The Morgan fingerprint density at radius 3 is 2.44 bits per heavy atom. The molecule has 0 aromatic carbocycles. The van der Waals surface area contributed by atoms with Crippen molar-refractivity contribution in [2.45, 2.75) is 32.7 Å². The van der Waals surface area contributed by atoms with Gasteiger partial charge in [0, 0.05) is 12.6 Å². The van der Waals surface area contributed by atoms with E-state index in [-0.39, 0.29) is 24.5 Å². The first-order chi connectivity index (χ1) is 7.60. The third-order valence-corrected chi connectivity index (χ3v) is 3.78. The molecule has 0 radical (unpaired) electrons. The van der Waals surface area contributed by atoms with Crippen LogP contribution in [-0.2, 0) is 9.53 Å². The Kier molecular flexibility index (Phi) is 5.22. The summed E-state index contributed by atoms with van der Waals surface area (Å²) in [5.74, 6) is 0.212. The second-order valence-electron chi connectivity index (χ2n) is 4.71. The van der Waals surface area contributed by atoms with Gasteiger partial charge in [-0.15, -0.1) is 0 Å². The van der Waals surface area contributed by atoms with Crippen LogP contribution in [0.2, 0.25) is 0 Å². The summed E-state index contributed by atoms with van der Waals surface area (Å²) in [5, 5.41) is 9.06. The summed E-state index contributed by atoms with van der Waals surface area (Å²) >= 11 is 0. The molecule has 1 saturated heterocycles. The molecular formula is C12H23NO3. The van der Waals surface area contributed by atoms with Crippen molar-refractivity contribution in [2.24, 2.45) is 11.8 Å². The standard InChI is InChI=1S/C12H23NO3/c1-9(12(15)16-3)10(2)13-6-4-11(8-14)5-7-13/h9-11,14H,4-8H2,1-3H3. The molecule has 1 aliphatic heterocycles. The average Bonchev–Trinajstić information content (AvgIpc) is 2.36. The molecule has 1 fully saturated rings. The summed E-state index contributed by atoms with van der Waals surface area (Å²) in [4.78, 5) is 13.7. The van der Waals surface area contributed by atoms with Gasteiger partial charge in [0.2, 0.25) is 0 Å². The number of carbonyl (C=O) groups excluding carboxylic acids is 1. The molecule has 1 heterocycles. The number of esters is 1. The van der Waals surface area contributed by atoms with Gasteiger partial charge in [0.15, 0.2) is 0 Å². The molecule has 0 aliphatic carbocycles. The summed E-state index contributed by atoms with van der Waals surface area (Å²) in [6, 6.07) is 0.215. The Labute approximate surface area is 97.6 Å². The Balaban J connectivity index is 2.43. The Hall–Kier alpha value is -0.610. The monoisotopic (exact) mass is 229 g/mol. The Morgan fingerprint density at radius 1 is 1.44 bits per heavy atom. The van der Waals surface area contributed by atoms with Crippen molar-refractivity contribution >= 4 is 5.97 Å². The van der Waals surface area contributed by atoms with Gasteiger partial charge in [0.1, 0.15) is 0 Å². The number of nitrogens with zero attached hydrogens (tertiary/aromatic N) is 1. The molecule has 94 valence electrons. The number of hydrogen-bond donors (Lipinski definition) is 1. The molecule has 0 aromatic rings. The van der Waals surface area contributed by atoms with E-state index in [2.05, 4.69) is 11.8 Å². The molecule has 1 N–H and O–H groups in total. The van der Waals surface area contributed by atoms with E-state index >= 15 is 0 Å². The van der Waals surface area contributed by atoms with Gasteiger partial charge < -0.3 is 9.84 Å². The Morgan fingerprint density at radius 2 is 2.00 bits per heavy atom. The highest BCUT2D eigenvalue weighted by molar-refractivity contribution is 5.72. The van der Waals surface area contributed by atoms with Gasteiger partial charge in [-0.1, -0.05) is 6.92 Å². The van der Waals surface area contributed by atoms with Crippen molar-refractivity contribution < 1.29 is 14.6 Å². The van der Waals surface area contributed by atoms with Crippen LogP contribution in [-0.4, -0.2) is 48.8 Å². The first kappa shape index (κ1) is 13.5. The van der Waals surface area contributed by atoms with Crippen molar-refractivity contribution in [3.05, 3.63) is 0 Å². The highest BCUT2D eigenvalue weighted by Crippen LogP contribution is 2.21. The molecule has 2 unspecified atom stereocenters. The van der Waals surface area contributed by atoms with Crippen LogP contribution in [0.1, 0.15) is 26.7 Å². The van der Waals surface area contributed by atoms with Crippen LogP contribution in [0, 0.1) is 11.8 Å². The van der Waals surface area contributed by atoms with Gasteiger partial charge in [-0.25, -0.2) is 0 Å². The minimum Gasteiger partial charge on any atom is -0.469 e. The van der Waals surface area contributed by atoms with Gasteiger partial charge >= 0.3 is 5.97 Å². The molecule has 16 heavy (non-hydrogen) atoms. The lowest BCUT2D eigenvalue weighted by atomic mass is 9.94. The highest BCUT2D eigenvalue weighted by atomic mass is 16.5. The number of aliphatic hydroxyl groups is 1. The van der Waals surface area contributed by atoms with Gasteiger partial charge in [-0.05, 0) is 38.8 Å². The van der Waals surface area contributed by atoms with Crippen molar-refractivity contribution in [3.63, 3.8) is 0 Å². The van der Waals surface area contributed by atoms with E-state index in [9.17, 15) is 4.79 Å². The van der Waals surface area contributed by atoms with E-state index in [4.69, 9.17) is 9.84 Å². The number of aliphatic hydroxyl groups excluding tert-OH is 1. The zero-order valence-corrected chi connectivity index (χ0v) is 10.5. The maximum absolute atomic E-state index is 11.4. The van der Waals surface area contributed by atoms with Crippen molar-refractivity contribution in [2.75, 3.05) is 26.8 Å². The van der Waals surface area contributed by atoms with Gasteiger partial charge in [-0.2, -0.15) is 0 Å². The first-order valence-electron chi connectivity index (χ1n) is 6.02. The second-order valence-corrected chi connectivity index (χ2v) is 4.71. The van der Waals surface area contributed by atoms with Gasteiger partial charge in [0.25, 0.3) is 0 Å². The molecule has 0 spiro atoms. The quantitative estimate of drug-likeness (QED) is 0.727. The maximum atomic E-state index is 11.4. The molecule has 2 atom stereocenters. The zero-order valence-electron chi connectivity index (χ0n) is 10.5. The average molecular weight is 229 g/mol. The molecule has 0 bridgehead atoms. The number of carbonyl (C=O) groups is 1. The van der Waals surface area contributed by atoms with Crippen LogP contribution < -0.4 is 0 Å². The van der Waals surface area contributed by atoms with Crippen LogP contribution >= 0.6 is 0 Å². The molecular weight excluding hydrogens is 206 g/mol. The van der Waals surface area contributed by atoms with Crippen molar-refractivity contribution in [3.8, 4) is 0 Å². The minimum atomic E-state index is -0.142. The predicted octanol–water partition coefficient (Wildman–Crippen LogP) is 0.888. The third-order valence-electron chi connectivity index (χ3n) is 3.78. The topological polar surface area (TPSA) is 49.8 Å². The van der Waals surface area contributed by atoms with Crippen LogP contribution in [0.3, 0.4) is 0 Å². The first-order valence-corrected chi connectivity index (χ1v) is 6.02. The van der Waals surface area contributed by atoms with Gasteiger partial charge in [0.05, 0.1) is 13.0 Å². The number of methoxy groups -OCH3 is 1. The fraction of sp³-hybridized carbons (Fsp3) is 0.917. The summed E-state index contributed by atoms with van der Waals surface area (Å²) in [6.07, 6.45) is 2.05. The summed E-state index contributed by atoms with van der Waals surface area (Å²) < 4.78 is 4.76. The fourth-order valence-corrected chi connectivity index (χ4v) is 2.24. The zero-order chi connectivity index (χ0) is 12.1. The lowest BCUT2D eigenvalue weighted by Crippen LogP contribution is -2.45. The van der Waals surface area contributed by atoms with Gasteiger partial charge in [-0.3, -0.25) is 9.69 Å². The number of likely N-dealkylation sites (tertiary alicyclic amines) is 1. The summed E-state index contributed by atoms with van der Waals surface area (Å²) in [5.41, 5.74) is 0. The van der Waals surface area contributed by atoms with Crippen LogP contribution in [0.15, 0.2) is 0 Å². The molecule has 0 aromatic heterocycles. The SMILES string of the molecule is COC(=O)C(C)C(C)N1CCC(CO)CC1. The lowest BCUT2D eigenvalue weighted by molar-refractivity contribution is -0.147. The van der Waals surface area contributed by atoms with E-state index in [1.807, 2.05) is 6.92 Å². The predicted molar refractivity (Wildman–Crippen MR) is 62.0 cm³/mol. The van der Waals surface area contributed by atoms with E-state index in [0.29, 0.717) is 5.92 Å².